The molecule has 0 bridgehead atoms. The number of nitrogens with one attached hydrogen (secondary N) is 2. The number of nitrogens with zero attached hydrogens (tertiary/aromatic N) is 2. The van der Waals surface area contributed by atoms with Crippen molar-refractivity contribution in [2.45, 2.75) is 39.8 Å². The Morgan fingerprint density at radius 2 is 1.87 bits per heavy atom. The van der Waals surface area contributed by atoms with E-state index in [0.29, 0.717) is 17.9 Å². The molecule has 154 valence electrons. The van der Waals surface area contributed by atoms with Gasteiger partial charge in [0.15, 0.2) is 0 Å². The van der Waals surface area contributed by atoms with Crippen molar-refractivity contribution in [3.05, 3.63) is 77.9 Å². The third-order valence-corrected chi connectivity index (χ3v) is 4.95. The third kappa shape index (κ3) is 4.08. The van der Waals surface area contributed by atoms with E-state index in [0.717, 1.165) is 22.5 Å². The second-order valence-electron chi connectivity index (χ2n) is 8.40. The first-order valence-electron chi connectivity index (χ1n) is 9.98. The van der Waals surface area contributed by atoms with Gasteiger partial charge < -0.3 is 19.6 Å². The van der Waals surface area contributed by atoms with Gasteiger partial charge in [0.05, 0.1) is 18.4 Å². The summed E-state index contributed by atoms with van der Waals surface area (Å²) in [6.07, 6.45) is 3.48. The van der Waals surface area contributed by atoms with E-state index in [2.05, 4.69) is 50.5 Å². The lowest BCUT2D eigenvalue weighted by atomic mass is 10.1. The summed E-state index contributed by atoms with van der Waals surface area (Å²) in [6.45, 7) is 8.69. The Bertz CT molecular complexity index is 1170. The van der Waals surface area contributed by atoms with E-state index >= 15 is 0 Å². The molecule has 0 atom stereocenters. The van der Waals surface area contributed by atoms with Crippen LogP contribution >= 0.6 is 0 Å². The minimum atomic E-state index is -0.229. The molecule has 0 aliphatic heterocycles. The molecule has 6 heteroatoms. The number of anilines is 2. The summed E-state index contributed by atoms with van der Waals surface area (Å²) in [5.41, 5.74) is 3.31. The fourth-order valence-electron chi connectivity index (χ4n) is 3.32. The molecule has 6 nitrogen and oxygen atoms in total. The normalized spacial score (nSPS) is 11.6. The molecule has 1 amide bonds. The first-order valence-corrected chi connectivity index (χ1v) is 9.98. The highest BCUT2D eigenvalue weighted by Crippen LogP contribution is 2.28. The van der Waals surface area contributed by atoms with Crippen LogP contribution in [0.3, 0.4) is 0 Å². The largest absolute Gasteiger partial charge is 0.467 e. The smallest absolute Gasteiger partial charge is 0.253 e. The Labute approximate surface area is 175 Å². The number of aromatic nitrogens is 2. The Morgan fingerprint density at radius 1 is 1.10 bits per heavy atom. The predicted octanol–water partition coefficient (Wildman–Crippen LogP) is 5.37. The molecule has 3 aromatic heterocycles. The number of fused-ring (bicyclic) bond motifs is 1. The van der Waals surface area contributed by atoms with Crippen LogP contribution in [-0.4, -0.2) is 15.5 Å². The first-order chi connectivity index (χ1) is 14.3. The Kier molecular flexibility index (Phi) is 5.08. The van der Waals surface area contributed by atoms with Crippen LogP contribution < -0.4 is 10.6 Å². The van der Waals surface area contributed by atoms with E-state index in [9.17, 15) is 4.79 Å². The van der Waals surface area contributed by atoms with Crippen molar-refractivity contribution in [3.8, 4) is 0 Å². The van der Waals surface area contributed by atoms with Gasteiger partial charge in [-0.15, -0.1) is 0 Å². The second-order valence-corrected chi connectivity index (χ2v) is 8.40. The Morgan fingerprint density at radius 3 is 2.53 bits per heavy atom. The molecule has 0 aliphatic carbocycles. The maximum Gasteiger partial charge on any atom is 0.253 e. The average molecular weight is 402 g/mol. The number of carbonyl (C=O) groups excluding carboxylic acids is 1. The molecule has 2 N–H and O–H groups in total. The maximum atomic E-state index is 12.9. The molecule has 4 aromatic rings. The zero-order valence-electron chi connectivity index (χ0n) is 17.7. The summed E-state index contributed by atoms with van der Waals surface area (Å²) in [5, 5.41) is 7.09. The quantitative estimate of drug-likeness (QED) is 0.471. The molecule has 0 spiro atoms. The molecular weight excluding hydrogens is 376 g/mol. The average Bonchev–Trinajstić information content (AvgIpc) is 3.35. The van der Waals surface area contributed by atoms with Crippen LogP contribution in [0.2, 0.25) is 0 Å². The minimum absolute atomic E-state index is 0.152. The maximum absolute atomic E-state index is 12.9. The van der Waals surface area contributed by atoms with E-state index in [1.807, 2.05) is 41.1 Å². The topological polar surface area (TPSA) is 72.1 Å². The van der Waals surface area contributed by atoms with Crippen molar-refractivity contribution in [1.29, 1.82) is 0 Å². The molecular formula is C24H26N4O2. The van der Waals surface area contributed by atoms with Crippen molar-refractivity contribution in [3.63, 3.8) is 0 Å². The van der Waals surface area contributed by atoms with Crippen LogP contribution in [0.4, 0.5) is 11.5 Å². The summed E-state index contributed by atoms with van der Waals surface area (Å²) in [4.78, 5) is 17.7. The van der Waals surface area contributed by atoms with Crippen LogP contribution in [0.15, 0.2) is 65.4 Å². The van der Waals surface area contributed by atoms with Crippen LogP contribution in [0.25, 0.3) is 11.0 Å². The number of amides is 1. The monoisotopic (exact) mass is 402 g/mol. The van der Waals surface area contributed by atoms with Gasteiger partial charge in [-0.05, 0) is 64.1 Å². The van der Waals surface area contributed by atoms with Crippen molar-refractivity contribution in [1.82, 2.24) is 14.9 Å². The number of furan rings is 1. The molecule has 3 heterocycles. The number of carbonyl (C=O) groups is 1. The van der Waals surface area contributed by atoms with Gasteiger partial charge >= 0.3 is 0 Å². The van der Waals surface area contributed by atoms with Gasteiger partial charge in [0.2, 0.25) is 0 Å². The highest BCUT2D eigenvalue weighted by molar-refractivity contribution is 6.06. The van der Waals surface area contributed by atoms with Gasteiger partial charge in [0, 0.05) is 22.8 Å². The number of hydrogen-bond acceptors (Lipinski definition) is 4. The number of pyridine rings is 1. The summed E-state index contributed by atoms with van der Waals surface area (Å²) in [5.74, 6) is 1.29. The van der Waals surface area contributed by atoms with Gasteiger partial charge in [-0.25, -0.2) is 4.98 Å². The zero-order valence-corrected chi connectivity index (χ0v) is 17.7. The van der Waals surface area contributed by atoms with E-state index < -0.39 is 0 Å². The van der Waals surface area contributed by atoms with Crippen molar-refractivity contribution >= 4 is 28.4 Å². The lowest BCUT2D eigenvalue weighted by molar-refractivity contribution is 0.0949. The second kappa shape index (κ2) is 7.71. The van der Waals surface area contributed by atoms with Crippen molar-refractivity contribution in [2.24, 2.45) is 0 Å². The van der Waals surface area contributed by atoms with Gasteiger partial charge in [0.1, 0.15) is 17.2 Å². The highest BCUT2D eigenvalue weighted by Gasteiger charge is 2.23. The zero-order chi connectivity index (χ0) is 21.3. The molecule has 4 rings (SSSR count). The SMILES string of the molecule is Cc1ccc(Nc2ccc3c(C(=O)NCc4ccco4)cn(C(C)(C)C)c3n2)cc1. The van der Waals surface area contributed by atoms with Gasteiger partial charge in [-0.1, -0.05) is 17.7 Å². The summed E-state index contributed by atoms with van der Waals surface area (Å²) >= 11 is 0. The molecule has 0 fully saturated rings. The molecule has 0 saturated heterocycles. The Hall–Kier alpha value is -3.54. The van der Waals surface area contributed by atoms with Crippen LogP contribution in [-0.2, 0) is 12.1 Å². The van der Waals surface area contributed by atoms with Crippen molar-refractivity contribution in [2.75, 3.05) is 5.32 Å². The van der Waals surface area contributed by atoms with Crippen LogP contribution in [0.1, 0.15) is 42.5 Å². The van der Waals surface area contributed by atoms with E-state index in [1.54, 1.807) is 12.3 Å². The lowest BCUT2D eigenvalue weighted by Crippen LogP contribution is -2.23. The number of rotatable bonds is 5. The van der Waals surface area contributed by atoms with Crippen molar-refractivity contribution < 1.29 is 9.21 Å². The van der Waals surface area contributed by atoms with E-state index in [1.165, 1.54) is 5.56 Å². The summed E-state index contributed by atoms with van der Waals surface area (Å²) in [6, 6.07) is 15.7. The molecule has 0 unspecified atom stereocenters. The molecule has 30 heavy (non-hydrogen) atoms. The summed E-state index contributed by atoms with van der Waals surface area (Å²) in [7, 11) is 0. The number of aryl methyl sites for hydroxylation is 1. The number of hydrogen-bond donors (Lipinski definition) is 2. The molecule has 0 radical (unpaired) electrons. The molecule has 0 saturated carbocycles. The van der Waals surface area contributed by atoms with Crippen LogP contribution in [0, 0.1) is 6.92 Å². The molecule has 0 aliphatic rings. The fourth-order valence-corrected chi connectivity index (χ4v) is 3.32. The van der Waals surface area contributed by atoms with Crippen LogP contribution in [0.5, 0.6) is 0 Å². The third-order valence-electron chi connectivity index (χ3n) is 4.95. The standard InChI is InChI=1S/C24H26N4O2/c1-16-7-9-17(10-8-16)26-21-12-11-19-20(15-28(22(19)27-21)24(2,3)4)23(29)25-14-18-6-5-13-30-18/h5-13,15H,14H2,1-4H3,(H,25,29)(H,26,27). The lowest BCUT2D eigenvalue weighted by Gasteiger charge is -2.22. The highest BCUT2D eigenvalue weighted by atomic mass is 16.3. The van der Waals surface area contributed by atoms with Gasteiger partial charge in [-0.3, -0.25) is 4.79 Å². The fraction of sp³-hybridized carbons (Fsp3) is 0.250. The Balaban J connectivity index is 1.67. The minimum Gasteiger partial charge on any atom is -0.467 e. The predicted molar refractivity (Wildman–Crippen MR) is 119 cm³/mol. The van der Waals surface area contributed by atoms with Gasteiger partial charge in [-0.2, -0.15) is 0 Å². The van der Waals surface area contributed by atoms with Gasteiger partial charge in [0.25, 0.3) is 5.91 Å². The number of benzene rings is 1. The molecule has 1 aromatic carbocycles. The first kappa shape index (κ1) is 19.8. The van der Waals surface area contributed by atoms with E-state index in [-0.39, 0.29) is 11.4 Å². The summed E-state index contributed by atoms with van der Waals surface area (Å²) < 4.78 is 7.35. The van der Waals surface area contributed by atoms with E-state index in [4.69, 9.17) is 9.40 Å².